The lowest BCUT2D eigenvalue weighted by Gasteiger charge is -2.44. The average molecular weight is 185 g/mol. The molecule has 1 rings (SSSR count). The maximum Gasteiger partial charge on any atom is 0.0826 e. The summed E-state index contributed by atoms with van der Waals surface area (Å²) in [4.78, 5) is 0. The average Bonchev–Trinajstić information content (AvgIpc) is 2.05. The van der Waals surface area contributed by atoms with Crippen LogP contribution in [-0.2, 0) is 4.74 Å². The molecule has 13 heavy (non-hydrogen) atoms. The van der Waals surface area contributed by atoms with Crippen molar-refractivity contribution in [2.45, 2.75) is 58.1 Å². The van der Waals surface area contributed by atoms with Crippen LogP contribution in [0.1, 0.15) is 46.5 Å². The molecule has 2 nitrogen and oxygen atoms in total. The lowest BCUT2D eigenvalue weighted by atomic mass is 9.69. The van der Waals surface area contributed by atoms with Crippen molar-refractivity contribution in [3.63, 3.8) is 0 Å². The molecule has 0 bridgehead atoms. The summed E-state index contributed by atoms with van der Waals surface area (Å²) in [7, 11) is 1.79. The summed E-state index contributed by atoms with van der Waals surface area (Å²) in [5.41, 5.74) is 6.41. The molecule has 1 aliphatic rings. The molecule has 0 spiro atoms. The van der Waals surface area contributed by atoms with E-state index in [0.717, 1.165) is 12.8 Å². The molecule has 0 amide bonds. The van der Waals surface area contributed by atoms with E-state index in [1.807, 2.05) is 0 Å². The van der Waals surface area contributed by atoms with E-state index < -0.39 is 0 Å². The topological polar surface area (TPSA) is 35.2 Å². The molecule has 78 valence electrons. The Kier molecular flexibility index (Phi) is 3.03. The molecular weight excluding hydrogens is 162 g/mol. The second-order valence-electron chi connectivity index (χ2n) is 5.22. The second-order valence-corrected chi connectivity index (χ2v) is 5.22. The van der Waals surface area contributed by atoms with E-state index in [1.165, 1.54) is 12.8 Å². The first-order chi connectivity index (χ1) is 5.92. The smallest absolute Gasteiger partial charge is 0.0826 e. The molecule has 0 aromatic heterocycles. The van der Waals surface area contributed by atoms with E-state index in [-0.39, 0.29) is 11.6 Å². The fourth-order valence-corrected chi connectivity index (χ4v) is 2.20. The van der Waals surface area contributed by atoms with Gasteiger partial charge in [-0.15, -0.1) is 0 Å². The first kappa shape index (κ1) is 11.0. The minimum absolute atomic E-state index is 0.0461. The molecule has 1 saturated carbocycles. The Bertz CT molecular complexity index is 165. The summed E-state index contributed by atoms with van der Waals surface area (Å²) >= 11 is 0. The van der Waals surface area contributed by atoms with Gasteiger partial charge < -0.3 is 10.5 Å². The summed E-state index contributed by atoms with van der Waals surface area (Å²) in [6.45, 7) is 6.71. The van der Waals surface area contributed by atoms with Gasteiger partial charge in [-0.05, 0) is 38.0 Å². The highest BCUT2D eigenvalue weighted by Crippen LogP contribution is 2.42. The van der Waals surface area contributed by atoms with Gasteiger partial charge in [0, 0.05) is 13.2 Å². The number of hydrogen-bond donors (Lipinski definition) is 1. The fourth-order valence-electron chi connectivity index (χ4n) is 2.20. The minimum Gasteiger partial charge on any atom is -0.377 e. The first-order valence-electron chi connectivity index (χ1n) is 5.23. The Morgan fingerprint density at radius 3 is 1.92 bits per heavy atom. The van der Waals surface area contributed by atoms with Gasteiger partial charge in [-0.1, -0.05) is 13.8 Å². The van der Waals surface area contributed by atoms with Crippen molar-refractivity contribution in [2.24, 2.45) is 11.1 Å². The van der Waals surface area contributed by atoms with E-state index in [4.69, 9.17) is 10.5 Å². The van der Waals surface area contributed by atoms with E-state index in [1.54, 1.807) is 7.11 Å². The number of nitrogens with two attached hydrogens (primary N) is 1. The molecule has 0 radical (unpaired) electrons. The van der Waals surface area contributed by atoms with Gasteiger partial charge in [0.05, 0.1) is 5.60 Å². The molecule has 0 heterocycles. The monoisotopic (exact) mass is 185 g/mol. The minimum atomic E-state index is -0.0461. The lowest BCUT2D eigenvalue weighted by molar-refractivity contribution is -0.0746. The SMILES string of the molecule is COC1(C(C)N)CCC(C)(C)CC1. The van der Waals surface area contributed by atoms with Crippen molar-refractivity contribution < 1.29 is 4.74 Å². The Balaban J connectivity index is 2.63. The molecule has 1 aliphatic carbocycles. The van der Waals surface area contributed by atoms with E-state index in [0.29, 0.717) is 5.41 Å². The molecular formula is C11H23NO. The number of methoxy groups -OCH3 is 1. The van der Waals surface area contributed by atoms with Gasteiger partial charge in [0.15, 0.2) is 0 Å². The number of hydrogen-bond acceptors (Lipinski definition) is 2. The summed E-state index contributed by atoms with van der Waals surface area (Å²) in [5, 5.41) is 0. The molecule has 0 aromatic carbocycles. The molecule has 1 atom stereocenters. The quantitative estimate of drug-likeness (QED) is 0.716. The second kappa shape index (κ2) is 3.58. The first-order valence-corrected chi connectivity index (χ1v) is 5.23. The largest absolute Gasteiger partial charge is 0.377 e. The van der Waals surface area contributed by atoms with Crippen LogP contribution in [0.25, 0.3) is 0 Å². The van der Waals surface area contributed by atoms with Crippen molar-refractivity contribution in [1.29, 1.82) is 0 Å². The maximum absolute atomic E-state index is 5.98. The zero-order chi connectivity index (χ0) is 10.1. The van der Waals surface area contributed by atoms with Crippen LogP contribution in [0.3, 0.4) is 0 Å². The summed E-state index contributed by atoms with van der Waals surface area (Å²) in [6, 6.07) is 0.147. The third-order valence-corrected chi connectivity index (χ3v) is 3.69. The zero-order valence-corrected chi connectivity index (χ0v) is 9.39. The molecule has 2 heteroatoms. The van der Waals surface area contributed by atoms with E-state index >= 15 is 0 Å². The van der Waals surface area contributed by atoms with Crippen LogP contribution in [0.15, 0.2) is 0 Å². The summed E-state index contributed by atoms with van der Waals surface area (Å²) in [5.74, 6) is 0. The maximum atomic E-state index is 5.98. The van der Waals surface area contributed by atoms with Gasteiger partial charge in [-0.3, -0.25) is 0 Å². The van der Waals surface area contributed by atoms with Crippen LogP contribution in [0.5, 0.6) is 0 Å². The van der Waals surface area contributed by atoms with Gasteiger partial charge in [0.1, 0.15) is 0 Å². The molecule has 1 unspecified atom stereocenters. The van der Waals surface area contributed by atoms with E-state index in [9.17, 15) is 0 Å². The van der Waals surface area contributed by atoms with Crippen LogP contribution >= 0.6 is 0 Å². The standard InChI is InChI=1S/C11H23NO/c1-9(12)11(13-4)7-5-10(2,3)6-8-11/h9H,5-8,12H2,1-4H3. The molecule has 0 saturated heterocycles. The van der Waals surface area contributed by atoms with Crippen LogP contribution in [0, 0.1) is 5.41 Å². The summed E-state index contributed by atoms with van der Waals surface area (Å²) in [6.07, 6.45) is 4.66. The molecule has 0 aromatic rings. The van der Waals surface area contributed by atoms with Crippen LogP contribution in [0.4, 0.5) is 0 Å². The predicted octanol–water partition coefficient (Wildman–Crippen LogP) is 2.32. The molecule has 2 N–H and O–H groups in total. The van der Waals surface area contributed by atoms with Crippen molar-refractivity contribution in [3.05, 3.63) is 0 Å². The van der Waals surface area contributed by atoms with Gasteiger partial charge in [-0.2, -0.15) is 0 Å². The van der Waals surface area contributed by atoms with Gasteiger partial charge in [0.2, 0.25) is 0 Å². The Morgan fingerprint density at radius 1 is 1.15 bits per heavy atom. The fraction of sp³-hybridized carbons (Fsp3) is 1.00. The Hall–Kier alpha value is -0.0800. The third-order valence-electron chi connectivity index (χ3n) is 3.69. The van der Waals surface area contributed by atoms with Crippen molar-refractivity contribution in [3.8, 4) is 0 Å². The normalized spacial score (nSPS) is 28.4. The van der Waals surface area contributed by atoms with Gasteiger partial charge >= 0.3 is 0 Å². The van der Waals surface area contributed by atoms with Crippen LogP contribution in [-0.4, -0.2) is 18.8 Å². The Labute approximate surface area is 81.8 Å². The van der Waals surface area contributed by atoms with Crippen LogP contribution < -0.4 is 5.73 Å². The molecule has 1 fully saturated rings. The number of rotatable bonds is 2. The third kappa shape index (κ3) is 2.23. The van der Waals surface area contributed by atoms with Crippen LogP contribution in [0.2, 0.25) is 0 Å². The van der Waals surface area contributed by atoms with Gasteiger partial charge in [0.25, 0.3) is 0 Å². The van der Waals surface area contributed by atoms with Gasteiger partial charge in [-0.25, -0.2) is 0 Å². The van der Waals surface area contributed by atoms with Crippen molar-refractivity contribution in [2.75, 3.05) is 7.11 Å². The van der Waals surface area contributed by atoms with Crippen molar-refractivity contribution in [1.82, 2.24) is 0 Å². The lowest BCUT2D eigenvalue weighted by Crippen LogP contribution is -2.51. The molecule has 0 aliphatic heterocycles. The Morgan fingerprint density at radius 2 is 1.62 bits per heavy atom. The van der Waals surface area contributed by atoms with E-state index in [2.05, 4.69) is 20.8 Å². The summed E-state index contributed by atoms with van der Waals surface area (Å²) < 4.78 is 5.61. The number of ether oxygens (including phenoxy) is 1. The zero-order valence-electron chi connectivity index (χ0n) is 9.39. The predicted molar refractivity (Wildman–Crippen MR) is 55.6 cm³/mol. The van der Waals surface area contributed by atoms with Crippen molar-refractivity contribution >= 4 is 0 Å². The highest BCUT2D eigenvalue weighted by Gasteiger charge is 2.40. The highest BCUT2D eigenvalue weighted by molar-refractivity contribution is 4.95. The highest BCUT2D eigenvalue weighted by atomic mass is 16.5.